The van der Waals surface area contributed by atoms with Crippen molar-refractivity contribution in [2.45, 2.75) is 31.8 Å². The quantitative estimate of drug-likeness (QED) is 0.468. The van der Waals surface area contributed by atoms with Crippen molar-refractivity contribution < 1.29 is 13.6 Å². The first kappa shape index (κ1) is 13.5. The number of hydrazine groups is 1. The number of carbonyl (C=O) groups is 1. The lowest BCUT2D eigenvalue weighted by atomic mass is 10.3. The predicted octanol–water partition coefficient (Wildman–Crippen LogP) is 0.724. The zero-order valence-corrected chi connectivity index (χ0v) is 10.3. The molecule has 1 aliphatic carbocycles. The van der Waals surface area contributed by atoms with E-state index >= 15 is 0 Å². The van der Waals surface area contributed by atoms with E-state index < -0.39 is 17.7 Å². The van der Waals surface area contributed by atoms with Crippen molar-refractivity contribution in [3.05, 3.63) is 17.7 Å². The zero-order chi connectivity index (χ0) is 14.0. The summed E-state index contributed by atoms with van der Waals surface area (Å²) in [6.07, 6.45) is 1.92. The molecule has 1 atom stereocenters. The maximum atomic E-state index is 13.5. The minimum atomic E-state index is -0.902. The van der Waals surface area contributed by atoms with E-state index in [4.69, 9.17) is 5.84 Å². The van der Waals surface area contributed by atoms with Crippen LogP contribution in [0.3, 0.4) is 0 Å². The number of nitrogens with two attached hydrogens (primary N) is 1. The summed E-state index contributed by atoms with van der Waals surface area (Å²) < 4.78 is 26.7. The number of aromatic nitrogens is 1. The standard InChI is InChI=1S/C11H15F2N5O/c1-5(11(19)16-6-2-3-6)15-9-7(12)4-8(13)10(17-9)18-14/h4-6H,2-3,14H2,1H3,(H,16,19)(H2,15,17,18). The number of pyridine rings is 1. The summed E-state index contributed by atoms with van der Waals surface area (Å²) in [7, 11) is 0. The Bertz CT molecular complexity index is 492. The third-order valence-corrected chi connectivity index (χ3v) is 2.74. The lowest BCUT2D eigenvalue weighted by Gasteiger charge is -2.15. The molecule has 1 aromatic rings. The summed E-state index contributed by atoms with van der Waals surface area (Å²) in [5.74, 6) is 2.49. The van der Waals surface area contributed by atoms with Gasteiger partial charge in [0.25, 0.3) is 0 Å². The van der Waals surface area contributed by atoms with E-state index in [0.29, 0.717) is 6.07 Å². The molecule has 8 heteroatoms. The van der Waals surface area contributed by atoms with Crippen molar-refractivity contribution in [2.75, 3.05) is 10.7 Å². The summed E-state index contributed by atoms with van der Waals surface area (Å²) >= 11 is 0. The molecule has 1 aromatic heterocycles. The molecular formula is C11H15F2N5O. The van der Waals surface area contributed by atoms with Crippen LogP contribution in [0.4, 0.5) is 20.4 Å². The van der Waals surface area contributed by atoms with Gasteiger partial charge in [0.05, 0.1) is 0 Å². The molecule has 6 nitrogen and oxygen atoms in total. The molecular weight excluding hydrogens is 256 g/mol. The molecule has 0 radical (unpaired) electrons. The van der Waals surface area contributed by atoms with Gasteiger partial charge in [0.15, 0.2) is 23.3 Å². The number of hydrogen-bond donors (Lipinski definition) is 4. The van der Waals surface area contributed by atoms with Crippen LogP contribution < -0.4 is 21.9 Å². The summed E-state index contributed by atoms with van der Waals surface area (Å²) in [6.45, 7) is 1.57. The SMILES string of the molecule is CC(Nc1nc(NN)c(F)cc1F)C(=O)NC1CC1. The highest BCUT2D eigenvalue weighted by molar-refractivity contribution is 5.84. The van der Waals surface area contributed by atoms with E-state index in [1.807, 2.05) is 5.43 Å². The molecule has 104 valence electrons. The first-order valence-corrected chi connectivity index (χ1v) is 5.91. The van der Waals surface area contributed by atoms with Gasteiger partial charge >= 0.3 is 0 Å². The highest BCUT2D eigenvalue weighted by atomic mass is 19.1. The second-order valence-corrected chi connectivity index (χ2v) is 4.44. The molecule has 1 saturated carbocycles. The molecule has 1 unspecified atom stereocenters. The largest absolute Gasteiger partial charge is 0.356 e. The molecule has 1 fully saturated rings. The van der Waals surface area contributed by atoms with Crippen molar-refractivity contribution in [1.29, 1.82) is 0 Å². The fraction of sp³-hybridized carbons (Fsp3) is 0.455. The van der Waals surface area contributed by atoms with Crippen LogP contribution in [0, 0.1) is 11.6 Å². The topological polar surface area (TPSA) is 92.1 Å². The van der Waals surface area contributed by atoms with Crippen LogP contribution in [0.2, 0.25) is 0 Å². The number of hydrogen-bond acceptors (Lipinski definition) is 5. The lowest BCUT2D eigenvalue weighted by Crippen LogP contribution is -2.39. The van der Waals surface area contributed by atoms with E-state index in [1.54, 1.807) is 6.92 Å². The van der Waals surface area contributed by atoms with E-state index in [2.05, 4.69) is 15.6 Å². The van der Waals surface area contributed by atoms with Gasteiger partial charge in [-0.25, -0.2) is 19.6 Å². The molecule has 0 aliphatic heterocycles. The fourth-order valence-corrected chi connectivity index (χ4v) is 1.49. The normalized spacial score (nSPS) is 15.8. The van der Waals surface area contributed by atoms with Gasteiger partial charge in [-0.15, -0.1) is 0 Å². The van der Waals surface area contributed by atoms with Crippen LogP contribution in [0.5, 0.6) is 0 Å². The number of amides is 1. The number of nitrogens with zero attached hydrogens (tertiary/aromatic N) is 1. The molecule has 2 rings (SSSR count). The Morgan fingerprint density at radius 2 is 2.05 bits per heavy atom. The molecule has 19 heavy (non-hydrogen) atoms. The van der Waals surface area contributed by atoms with Gasteiger partial charge in [0.1, 0.15) is 6.04 Å². The van der Waals surface area contributed by atoms with Crippen LogP contribution in [0.1, 0.15) is 19.8 Å². The van der Waals surface area contributed by atoms with E-state index in [9.17, 15) is 13.6 Å². The first-order chi connectivity index (χ1) is 9.01. The number of halogens is 2. The molecule has 1 aliphatic rings. The predicted molar refractivity (Wildman–Crippen MR) is 66.2 cm³/mol. The van der Waals surface area contributed by atoms with Crippen LogP contribution in [0.15, 0.2) is 6.07 Å². The van der Waals surface area contributed by atoms with Crippen molar-refractivity contribution in [2.24, 2.45) is 5.84 Å². The molecule has 0 bridgehead atoms. The van der Waals surface area contributed by atoms with Crippen LogP contribution in [-0.2, 0) is 4.79 Å². The minimum absolute atomic E-state index is 0.212. The molecule has 0 spiro atoms. The highest BCUT2D eigenvalue weighted by Gasteiger charge is 2.26. The second-order valence-electron chi connectivity index (χ2n) is 4.44. The average Bonchev–Trinajstić information content (AvgIpc) is 3.16. The van der Waals surface area contributed by atoms with Crippen molar-refractivity contribution in [3.8, 4) is 0 Å². The van der Waals surface area contributed by atoms with Crippen LogP contribution in [-0.4, -0.2) is 23.0 Å². The van der Waals surface area contributed by atoms with Gasteiger partial charge in [0.2, 0.25) is 5.91 Å². The molecule has 1 amide bonds. The van der Waals surface area contributed by atoms with Crippen molar-refractivity contribution in [3.63, 3.8) is 0 Å². The first-order valence-electron chi connectivity index (χ1n) is 5.91. The third-order valence-electron chi connectivity index (χ3n) is 2.74. The Morgan fingerprint density at radius 3 is 2.63 bits per heavy atom. The molecule has 5 N–H and O–H groups in total. The van der Waals surface area contributed by atoms with Gasteiger partial charge in [-0.2, -0.15) is 0 Å². The summed E-state index contributed by atoms with van der Waals surface area (Å²) in [4.78, 5) is 15.3. The van der Waals surface area contributed by atoms with E-state index in [-0.39, 0.29) is 23.6 Å². The van der Waals surface area contributed by atoms with Gasteiger partial charge in [-0.05, 0) is 19.8 Å². The summed E-state index contributed by atoms with van der Waals surface area (Å²) in [6, 6.07) is 0.179. The number of rotatable bonds is 5. The number of anilines is 2. The lowest BCUT2D eigenvalue weighted by molar-refractivity contribution is -0.121. The van der Waals surface area contributed by atoms with Crippen LogP contribution in [0.25, 0.3) is 0 Å². The minimum Gasteiger partial charge on any atom is -0.356 e. The Kier molecular flexibility index (Phi) is 3.79. The fourth-order valence-electron chi connectivity index (χ4n) is 1.49. The monoisotopic (exact) mass is 271 g/mol. The maximum Gasteiger partial charge on any atom is 0.242 e. The van der Waals surface area contributed by atoms with Crippen molar-refractivity contribution >= 4 is 17.5 Å². The van der Waals surface area contributed by atoms with Gasteiger partial charge in [-0.1, -0.05) is 0 Å². The average molecular weight is 271 g/mol. The van der Waals surface area contributed by atoms with Gasteiger partial charge < -0.3 is 16.1 Å². The van der Waals surface area contributed by atoms with E-state index in [1.165, 1.54) is 0 Å². The number of nitrogens with one attached hydrogen (secondary N) is 3. The van der Waals surface area contributed by atoms with Gasteiger partial charge in [0, 0.05) is 12.1 Å². The molecule has 0 saturated heterocycles. The van der Waals surface area contributed by atoms with Gasteiger partial charge in [-0.3, -0.25) is 4.79 Å². The van der Waals surface area contributed by atoms with Crippen molar-refractivity contribution in [1.82, 2.24) is 10.3 Å². The Labute approximate surface area is 108 Å². The second kappa shape index (κ2) is 5.35. The summed E-state index contributed by atoms with van der Waals surface area (Å²) in [5, 5.41) is 5.35. The van der Waals surface area contributed by atoms with E-state index in [0.717, 1.165) is 12.8 Å². The Hall–Kier alpha value is -1.96. The smallest absolute Gasteiger partial charge is 0.242 e. The summed E-state index contributed by atoms with van der Waals surface area (Å²) in [5.41, 5.74) is 2.01. The number of carbonyl (C=O) groups excluding carboxylic acids is 1. The Balaban J connectivity index is 2.06. The maximum absolute atomic E-state index is 13.5. The highest BCUT2D eigenvalue weighted by Crippen LogP contribution is 2.20. The molecule has 1 heterocycles. The van der Waals surface area contributed by atoms with Crippen LogP contribution >= 0.6 is 0 Å². The zero-order valence-electron chi connectivity index (χ0n) is 10.3. The Morgan fingerprint density at radius 1 is 1.42 bits per heavy atom. The third kappa shape index (κ3) is 3.28. The molecule has 0 aromatic carbocycles. The number of nitrogen functional groups attached to an aromatic ring is 1.